The first-order valence-corrected chi connectivity index (χ1v) is 7.13. The monoisotopic (exact) mass is 287 g/mol. The van der Waals surface area contributed by atoms with E-state index >= 15 is 0 Å². The minimum atomic E-state index is -0.745. The van der Waals surface area contributed by atoms with E-state index in [9.17, 15) is 4.39 Å². The van der Waals surface area contributed by atoms with Gasteiger partial charge in [-0.1, -0.05) is 24.3 Å². The van der Waals surface area contributed by atoms with Crippen LogP contribution < -0.4 is 10.5 Å². The Morgan fingerprint density at radius 3 is 2.14 bits per heavy atom. The molecule has 0 saturated carbocycles. The molecular weight excluding hydrogens is 265 g/mol. The third-order valence-corrected chi connectivity index (χ3v) is 3.60. The van der Waals surface area contributed by atoms with E-state index in [2.05, 4.69) is 0 Å². The molecule has 0 aliphatic carbocycles. The second kappa shape index (κ2) is 5.86. The van der Waals surface area contributed by atoms with Gasteiger partial charge in [0.25, 0.3) is 0 Å². The molecule has 2 rings (SSSR count). The average Bonchev–Trinajstić information content (AvgIpc) is 2.41. The van der Waals surface area contributed by atoms with E-state index in [-0.39, 0.29) is 11.9 Å². The summed E-state index contributed by atoms with van der Waals surface area (Å²) in [4.78, 5) is 0. The zero-order chi connectivity index (χ0) is 15.6. The van der Waals surface area contributed by atoms with Crippen molar-refractivity contribution in [3.63, 3.8) is 0 Å². The fourth-order valence-electron chi connectivity index (χ4n) is 2.23. The number of ether oxygens (including phenoxy) is 1. The van der Waals surface area contributed by atoms with Crippen LogP contribution in [0.2, 0.25) is 0 Å². The van der Waals surface area contributed by atoms with Gasteiger partial charge in [0.2, 0.25) is 0 Å². The maximum atomic E-state index is 13.8. The lowest BCUT2D eigenvalue weighted by molar-refractivity contribution is 0.242. The van der Waals surface area contributed by atoms with Gasteiger partial charge >= 0.3 is 0 Å². The molecule has 0 heterocycles. The van der Waals surface area contributed by atoms with Gasteiger partial charge in [0.05, 0.1) is 11.6 Å². The van der Waals surface area contributed by atoms with E-state index in [1.807, 2.05) is 51.1 Å². The Morgan fingerprint density at radius 1 is 1.05 bits per heavy atom. The number of nitrogens with two attached hydrogens (primary N) is 1. The van der Waals surface area contributed by atoms with Crippen molar-refractivity contribution in [2.45, 2.75) is 39.3 Å². The van der Waals surface area contributed by atoms with Crippen LogP contribution in [-0.2, 0) is 5.54 Å². The normalized spacial score (nSPS) is 14.0. The second-order valence-electron chi connectivity index (χ2n) is 5.86. The number of aryl methyl sites for hydroxylation is 1. The summed E-state index contributed by atoms with van der Waals surface area (Å²) in [6.45, 7) is 7.59. The molecule has 2 nitrogen and oxygen atoms in total. The Bertz CT molecular complexity index is 618. The first-order valence-electron chi connectivity index (χ1n) is 7.13. The Morgan fingerprint density at radius 2 is 1.62 bits per heavy atom. The van der Waals surface area contributed by atoms with Crippen LogP contribution in [0.4, 0.5) is 4.39 Å². The predicted octanol–water partition coefficient (Wildman–Crippen LogP) is 4.14. The molecule has 0 radical (unpaired) electrons. The third kappa shape index (κ3) is 3.42. The molecule has 0 aromatic heterocycles. The molecule has 21 heavy (non-hydrogen) atoms. The molecule has 2 aromatic carbocycles. The van der Waals surface area contributed by atoms with Crippen LogP contribution in [0.15, 0.2) is 42.5 Å². The van der Waals surface area contributed by atoms with Crippen LogP contribution in [0.5, 0.6) is 5.75 Å². The minimum Gasteiger partial charge on any atom is -0.491 e. The van der Waals surface area contributed by atoms with E-state index in [0.717, 1.165) is 16.9 Å². The molecule has 1 unspecified atom stereocenters. The Balaban J connectivity index is 2.32. The van der Waals surface area contributed by atoms with Crippen molar-refractivity contribution >= 4 is 0 Å². The molecule has 1 atom stereocenters. The molecule has 0 spiro atoms. The van der Waals surface area contributed by atoms with Crippen LogP contribution in [0.1, 0.15) is 37.5 Å². The standard InChI is InChI=1S/C18H22FNO/c1-12(2)21-16-9-7-14(8-10-16)18(4,20)15-6-5-13(3)17(19)11-15/h5-12H,20H2,1-4H3. The summed E-state index contributed by atoms with van der Waals surface area (Å²) in [5.41, 5.74) is 7.97. The van der Waals surface area contributed by atoms with Gasteiger partial charge in [-0.25, -0.2) is 4.39 Å². The lowest BCUT2D eigenvalue weighted by Gasteiger charge is -2.26. The minimum absolute atomic E-state index is 0.131. The maximum absolute atomic E-state index is 13.8. The van der Waals surface area contributed by atoms with Crippen LogP contribution in [0.3, 0.4) is 0 Å². The van der Waals surface area contributed by atoms with Crippen molar-refractivity contribution in [3.8, 4) is 5.75 Å². The van der Waals surface area contributed by atoms with Gasteiger partial charge in [0.1, 0.15) is 11.6 Å². The van der Waals surface area contributed by atoms with E-state index in [0.29, 0.717) is 5.56 Å². The predicted molar refractivity (Wildman–Crippen MR) is 84.0 cm³/mol. The fraction of sp³-hybridized carbons (Fsp3) is 0.333. The molecule has 0 saturated heterocycles. The summed E-state index contributed by atoms with van der Waals surface area (Å²) in [5, 5.41) is 0. The lowest BCUT2D eigenvalue weighted by atomic mass is 9.85. The highest BCUT2D eigenvalue weighted by molar-refractivity contribution is 5.40. The molecule has 2 N–H and O–H groups in total. The number of rotatable bonds is 4. The zero-order valence-electron chi connectivity index (χ0n) is 13.0. The lowest BCUT2D eigenvalue weighted by Crippen LogP contribution is -2.34. The summed E-state index contributed by atoms with van der Waals surface area (Å²) in [5.74, 6) is 0.573. The summed E-state index contributed by atoms with van der Waals surface area (Å²) in [7, 11) is 0. The quantitative estimate of drug-likeness (QED) is 0.917. The van der Waals surface area contributed by atoms with Gasteiger partial charge < -0.3 is 10.5 Å². The molecule has 0 amide bonds. The van der Waals surface area contributed by atoms with Crippen molar-refractivity contribution in [2.24, 2.45) is 5.73 Å². The Hall–Kier alpha value is -1.87. The fourth-order valence-corrected chi connectivity index (χ4v) is 2.23. The Labute approximate surface area is 125 Å². The van der Waals surface area contributed by atoms with Gasteiger partial charge in [-0.2, -0.15) is 0 Å². The third-order valence-electron chi connectivity index (χ3n) is 3.60. The van der Waals surface area contributed by atoms with Gasteiger partial charge in [-0.05, 0) is 62.6 Å². The van der Waals surface area contributed by atoms with E-state index < -0.39 is 5.54 Å². The van der Waals surface area contributed by atoms with Gasteiger partial charge in [0.15, 0.2) is 0 Å². The van der Waals surface area contributed by atoms with Crippen molar-refractivity contribution < 1.29 is 9.13 Å². The highest BCUT2D eigenvalue weighted by Crippen LogP contribution is 2.29. The SMILES string of the molecule is Cc1ccc(C(C)(N)c2ccc(OC(C)C)cc2)cc1F. The smallest absolute Gasteiger partial charge is 0.126 e. The molecule has 0 aliphatic rings. The van der Waals surface area contributed by atoms with E-state index in [1.54, 1.807) is 13.0 Å². The molecule has 0 aliphatic heterocycles. The van der Waals surface area contributed by atoms with Crippen LogP contribution in [0.25, 0.3) is 0 Å². The van der Waals surface area contributed by atoms with Gasteiger partial charge in [0, 0.05) is 0 Å². The first-order chi connectivity index (χ1) is 9.80. The molecule has 0 bridgehead atoms. The van der Waals surface area contributed by atoms with Crippen molar-refractivity contribution in [1.82, 2.24) is 0 Å². The topological polar surface area (TPSA) is 35.2 Å². The summed E-state index contributed by atoms with van der Waals surface area (Å²) in [6.07, 6.45) is 0.131. The summed E-state index contributed by atoms with van der Waals surface area (Å²) in [6, 6.07) is 12.8. The van der Waals surface area contributed by atoms with Crippen LogP contribution in [0, 0.1) is 12.7 Å². The van der Waals surface area contributed by atoms with Crippen LogP contribution >= 0.6 is 0 Å². The molecule has 112 valence electrons. The van der Waals surface area contributed by atoms with Crippen molar-refractivity contribution in [3.05, 3.63) is 65.0 Å². The largest absolute Gasteiger partial charge is 0.491 e. The summed E-state index contributed by atoms with van der Waals surface area (Å²) >= 11 is 0. The van der Waals surface area contributed by atoms with Crippen LogP contribution in [-0.4, -0.2) is 6.10 Å². The molecule has 0 fully saturated rings. The Kier molecular flexibility index (Phi) is 4.33. The highest BCUT2D eigenvalue weighted by atomic mass is 19.1. The number of benzene rings is 2. The zero-order valence-corrected chi connectivity index (χ0v) is 13.0. The molecule has 2 aromatic rings. The van der Waals surface area contributed by atoms with Crippen molar-refractivity contribution in [1.29, 1.82) is 0 Å². The molecular formula is C18H22FNO. The van der Waals surface area contributed by atoms with E-state index in [1.165, 1.54) is 6.07 Å². The summed E-state index contributed by atoms with van der Waals surface area (Å²) < 4.78 is 19.4. The first kappa shape index (κ1) is 15.5. The highest BCUT2D eigenvalue weighted by Gasteiger charge is 2.24. The number of hydrogen-bond donors (Lipinski definition) is 1. The van der Waals surface area contributed by atoms with Gasteiger partial charge in [-0.3, -0.25) is 0 Å². The molecule has 3 heteroatoms. The van der Waals surface area contributed by atoms with Gasteiger partial charge in [-0.15, -0.1) is 0 Å². The average molecular weight is 287 g/mol. The van der Waals surface area contributed by atoms with E-state index in [4.69, 9.17) is 10.5 Å². The second-order valence-corrected chi connectivity index (χ2v) is 5.86. The van der Waals surface area contributed by atoms with Crippen molar-refractivity contribution in [2.75, 3.05) is 0 Å². The number of halogens is 1. The maximum Gasteiger partial charge on any atom is 0.126 e. The number of hydrogen-bond acceptors (Lipinski definition) is 2.